The molecule has 0 bridgehead atoms. The average molecular weight is 631 g/mol. The molecule has 1 aliphatic rings. The van der Waals surface area contributed by atoms with E-state index in [-0.39, 0.29) is 33.8 Å². The minimum atomic E-state index is -3.85. The number of rotatable bonds is 7. The van der Waals surface area contributed by atoms with Crippen LogP contribution in [0, 0.1) is 12.7 Å². The average Bonchev–Trinajstić information content (AvgIpc) is 3.28. The van der Waals surface area contributed by atoms with Gasteiger partial charge in [-0.05, 0) is 50.5 Å². The molecule has 0 saturated carbocycles. The van der Waals surface area contributed by atoms with Gasteiger partial charge in [0.05, 0.1) is 35.1 Å². The largest absolute Gasteiger partial charge is 0.377 e. The number of sulfonamides is 1. The second-order valence-corrected chi connectivity index (χ2v) is 13.1. The number of carbonyl (C=O) groups is 1. The van der Waals surface area contributed by atoms with E-state index in [0.29, 0.717) is 54.0 Å². The molecule has 0 spiro atoms. The Labute approximate surface area is 252 Å². The Morgan fingerprint density at radius 3 is 2.49 bits per heavy atom. The predicted molar refractivity (Wildman–Crippen MR) is 163 cm³/mol. The van der Waals surface area contributed by atoms with Gasteiger partial charge < -0.3 is 10.2 Å². The maximum absolute atomic E-state index is 14.4. The van der Waals surface area contributed by atoms with E-state index < -0.39 is 22.0 Å². The smallest absolute Gasteiger partial charge is 0.285 e. The lowest BCUT2D eigenvalue weighted by atomic mass is 9.93. The minimum absolute atomic E-state index is 0.0159. The van der Waals surface area contributed by atoms with Gasteiger partial charge in [0.1, 0.15) is 10.8 Å². The maximum Gasteiger partial charge on any atom is 0.285 e. The summed E-state index contributed by atoms with van der Waals surface area (Å²) in [5, 5.41) is 7.97. The van der Waals surface area contributed by atoms with Crippen LogP contribution in [0.1, 0.15) is 59.0 Å². The first-order valence-corrected chi connectivity index (χ1v) is 15.9. The quantitative estimate of drug-likeness (QED) is 0.294. The number of piperidine rings is 1. The van der Waals surface area contributed by atoms with Crippen LogP contribution in [0.2, 0.25) is 5.15 Å². The summed E-state index contributed by atoms with van der Waals surface area (Å²) in [5.41, 5.74) is 2.33. The van der Waals surface area contributed by atoms with Gasteiger partial charge in [0.25, 0.3) is 11.5 Å². The molecule has 15 heteroatoms. The standard InChI is InChI=1S/C28H32ClFN8O4S/c1-15-12-18(16(2)31-21-6-7-22(29)32-25(21)26(39)35-43(5,41)42)24-19(13-15)27(40)37(4)28(33-24)38-10-8-17(9-11-38)23-20(30)14-36(3)34-23/h6-7,12-14,16-17,31H,8-11H2,1-5H3,(H,35,39)/t16-/m1/s1. The molecule has 2 N–H and O–H groups in total. The van der Waals surface area contributed by atoms with Crippen LogP contribution < -0.4 is 20.5 Å². The molecule has 1 fully saturated rings. The Bertz CT molecular complexity index is 1900. The highest BCUT2D eigenvalue weighted by Crippen LogP contribution is 2.32. The number of carbonyl (C=O) groups excluding carboxylic acids is 1. The summed E-state index contributed by atoms with van der Waals surface area (Å²) in [6.07, 6.45) is 3.55. The van der Waals surface area contributed by atoms with Crippen molar-refractivity contribution in [3.8, 4) is 0 Å². The van der Waals surface area contributed by atoms with E-state index in [0.717, 1.165) is 11.8 Å². The van der Waals surface area contributed by atoms with Crippen molar-refractivity contribution < 1.29 is 17.6 Å². The van der Waals surface area contributed by atoms with Gasteiger partial charge in [-0.2, -0.15) is 5.10 Å². The first kappa shape index (κ1) is 30.4. The van der Waals surface area contributed by atoms with E-state index in [2.05, 4.69) is 15.4 Å². The molecule has 4 aromatic rings. The highest BCUT2D eigenvalue weighted by atomic mass is 35.5. The number of nitrogens with zero attached hydrogens (tertiary/aromatic N) is 6. The van der Waals surface area contributed by atoms with Crippen molar-refractivity contribution in [2.75, 3.05) is 29.6 Å². The Morgan fingerprint density at radius 1 is 1.16 bits per heavy atom. The van der Waals surface area contributed by atoms with Gasteiger partial charge in [0.15, 0.2) is 11.5 Å². The molecule has 4 heterocycles. The van der Waals surface area contributed by atoms with Crippen LogP contribution in [0.4, 0.5) is 16.0 Å². The topological polar surface area (TPSA) is 144 Å². The fourth-order valence-electron chi connectivity index (χ4n) is 5.51. The van der Waals surface area contributed by atoms with Gasteiger partial charge in [-0.15, -0.1) is 0 Å². The van der Waals surface area contributed by atoms with Gasteiger partial charge in [0, 0.05) is 38.7 Å². The number of fused-ring (bicyclic) bond motifs is 1. The number of amides is 1. The van der Waals surface area contributed by atoms with Crippen molar-refractivity contribution in [3.63, 3.8) is 0 Å². The second-order valence-electron chi connectivity index (χ2n) is 10.9. The van der Waals surface area contributed by atoms with Crippen molar-refractivity contribution in [1.82, 2.24) is 29.0 Å². The first-order chi connectivity index (χ1) is 20.2. The molecular weight excluding hydrogens is 599 g/mol. The lowest BCUT2D eigenvalue weighted by molar-refractivity contribution is 0.0977. The number of anilines is 2. The highest BCUT2D eigenvalue weighted by Gasteiger charge is 2.28. The fraction of sp³-hybridized carbons (Fsp3) is 0.393. The SMILES string of the molecule is Cc1cc([C@@H](C)Nc2ccc(Cl)nc2C(=O)NS(C)(=O)=O)c2nc(N3CCC(c4nn(C)cc4F)CC3)n(C)c(=O)c2c1. The summed E-state index contributed by atoms with van der Waals surface area (Å²) in [6.45, 7) is 4.85. The predicted octanol–water partition coefficient (Wildman–Crippen LogP) is 3.41. The number of pyridine rings is 1. The lowest BCUT2D eigenvalue weighted by Crippen LogP contribution is -2.38. The number of halogens is 2. The molecule has 1 saturated heterocycles. The maximum atomic E-state index is 14.4. The number of aryl methyl sites for hydroxylation is 2. The van der Waals surface area contributed by atoms with Gasteiger partial charge in [-0.1, -0.05) is 17.7 Å². The first-order valence-electron chi connectivity index (χ1n) is 13.6. The lowest BCUT2D eigenvalue weighted by Gasteiger charge is -2.33. The number of nitrogens with one attached hydrogen (secondary N) is 2. The third-order valence-electron chi connectivity index (χ3n) is 7.50. The van der Waals surface area contributed by atoms with E-state index in [1.807, 2.05) is 29.5 Å². The van der Waals surface area contributed by atoms with Crippen LogP contribution in [-0.4, -0.2) is 58.0 Å². The third-order valence-corrected chi connectivity index (χ3v) is 8.27. The molecule has 0 unspecified atom stereocenters. The highest BCUT2D eigenvalue weighted by molar-refractivity contribution is 7.89. The number of hydrogen-bond acceptors (Lipinski definition) is 9. The minimum Gasteiger partial charge on any atom is -0.377 e. The summed E-state index contributed by atoms with van der Waals surface area (Å²) in [6, 6.07) is 6.23. The second kappa shape index (κ2) is 11.6. The molecule has 1 amide bonds. The third kappa shape index (κ3) is 6.34. The van der Waals surface area contributed by atoms with Crippen LogP contribution in [0.5, 0.6) is 0 Å². The Morgan fingerprint density at radius 2 is 1.86 bits per heavy atom. The van der Waals surface area contributed by atoms with Gasteiger partial charge in [-0.3, -0.25) is 18.8 Å². The summed E-state index contributed by atoms with van der Waals surface area (Å²) in [7, 11) is -0.467. The van der Waals surface area contributed by atoms with Gasteiger partial charge in [-0.25, -0.2) is 27.5 Å². The molecule has 43 heavy (non-hydrogen) atoms. The monoisotopic (exact) mass is 630 g/mol. The molecule has 0 aliphatic carbocycles. The number of hydrogen-bond donors (Lipinski definition) is 2. The van der Waals surface area contributed by atoms with Crippen molar-refractivity contribution >= 4 is 50.1 Å². The zero-order valence-electron chi connectivity index (χ0n) is 24.4. The summed E-state index contributed by atoms with van der Waals surface area (Å²) in [5.74, 6) is -0.779. The molecule has 228 valence electrons. The molecule has 5 rings (SSSR count). The number of benzene rings is 1. The van der Waals surface area contributed by atoms with Gasteiger partial charge >= 0.3 is 0 Å². The fourth-order valence-corrected chi connectivity index (χ4v) is 6.09. The summed E-state index contributed by atoms with van der Waals surface area (Å²) >= 11 is 6.02. The van der Waals surface area contributed by atoms with Crippen LogP contribution in [0.25, 0.3) is 10.9 Å². The van der Waals surface area contributed by atoms with E-state index in [9.17, 15) is 22.4 Å². The molecule has 1 aromatic carbocycles. The van der Waals surface area contributed by atoms with Crippen molar-refractivity contribution in [1.29, 1.82) is 0 Å². The zero-order valence-corrected chi connectivity index (χ0v) is 25.9. The normalized spacial score (nSPS) is 15.1. The Kier molecular flexibility index (Phi) is 8.18. The van der Waals surface area contributed by atoms with E-state index in [1.54, 1.807) is 20.2 Å². The van der Waals surface area contributed by atoms with Crippen molar-refractivity contribution in [2.45, 2.75) is 38.6 Å². The Balaban J connectivity index is 1.49. The van der Waals surface area contributed by atoms with Gasteiger partial charge in [0.2, 0.25) is 16.0 Å². The zero-order chi connectivity index (χ0) is 31.2. The van der Waals surface area contributed by atoms with Crippen molar-refractivity contribution in [3.05, 3.63) is 74.3 Å². The molecular formula is C28H32ClFN8O4S. The van der Waals surface area contributed by atoms with E-state index >= 15 is 0 Å². The molecule has 12 nitrogen and oxygen atoms in total. The van der Waals surface area contributed by atoms with Crippen LogP contribution in [-0.2, 0) is 24.1 Å². The van der Waals surface area contributed by atoms with E-state index in [1.165, 1.54) is 27.6 Å². The summed E-state index contributed by atoms with van der Waals surface area (Å²) in [4.78, 5) is 37.3. The van der Waals surface area contributed by atoms with Crippen LogP contribution in [0.3, 0.4) is 0 Å². The molecule has 1 atom stereocenters. The van der Waals surface area contributed by atoms with Crippen LogP contribution >= 0.6 is 11.6 Å². The van der Waals surface area contributed by atoms with Crippen LogP contribution in [0.15, 0.2) is 35.3 Å². The molecule has 0 radical (unpaired) electrons. The molecule has 1 aliphatic heterocycles. The Hall–Kier alpha value is -4.04. The molecule has 3 aromatic heterocycles. The van der Waals surface area contributed by atoms with E-state index in [4.69, 9.17) is 16.6 Å². The number of aromatic nitrogens is 5. The van der Waals surface area contributed by atoms with Crippen molar-refractivity contribution in [2.24, 2.45) is 14.1 Å². The summed E-state index contributed by atoms with van der Waals surface area (Å²) < 4.78 is 42.7.